The Balaban J connectivity index is 0.00000280. The lowest BCUT2D eigenvalue weighted by Crippen LogP contribution is -2.44. The lowest BCUT2D eigenvalue weighted by molar-refractivity contribution is 0.146. The Labute approximate surface area is 189 Å². The van der Waals surface area contributed by atoms with E-state index in [2.05, 4.69) is 45.8 Å². The Kier molecular flexibility index (Phi) is 10.3. The van der Waals surface area contributed by atoms with Crippen molar-refractivity contribution in [2.75, 3.05) is 26.2 Å². The fourth-order valence-electron chi connectivity index (χ4n) is 3.40. The molecule has 0 bridgehead atoms. The monoisotopic (exact) mass is 517 g/mol. The Hall–Kier alpha value is -1.13. The summed E-state index contributed by atoms with van der Waals surface area (Å²) in [5.41, 5.74) is 1.03. The first-order valence-corrected chi connectivity index (χ1v) is 10.9. The first-order chi connectivity index (χ1) is 13.3. The average molecular weight is 517 g/mol. The van der Waals surface area contributed by atoms with Gasteiger partial charge in [-0.15, -0.1) is 35.3 Å². The van der Waals surface area contributed by atoms with Crippen molar-refractivity contribution in [3.8, 4) is 0 Å². The molecule has 1 aliphatic rings. The lowest BCUT2D eigenvalue weighted by Gasteiger charge is -2.33. The molecule has 6 nitrogen and oxygen atoms in total. The third-order valence-electron chi connectivity index (χ3n) is 4.81. The van der Waals surface area contributed by atoms with E-state index in [9.17, 15) is 0 Å². The van der Waals surface area contributed by atoms with E-state index in [4.69, 9.17) is 9.41 Å². The number of guanidine groups is 1. The molecule has 0 spiro atoms. The number of nitrogens with zero attached hydrogens (tertiary/aromatic N) is 3. The van der Waals surface area contributed by atoms with Gasteiger partial charge in [0.05, 0.1) is 29.6 Å². The van der Waals surface area contributed by atoms with Gasteiger partial charge in [0, 0.05) is 18.5 Å². The maximum Gasteiger partial charge on any atom is 0.191 e. The van der Waals surface area contributed by atoms with Gasteiger partial charge in [-0.25, -0.2) is 9.98 Å². The maximum atomic E-state index is 5.73. The van der Waals surface area contributed by atoms with Gasteiger partial charge >= 0.3 is 0 Å². The van der Waals surface area contributed by atoms with Crippen molar-refractivity contribution in [2.45, 2.75) is 52.1 Å². The van der Waals surface area contributed by atoms with Crippen molar-refractivity contribution in [2.24, 2.45) is 4.99 Å². The summed E-state index contributed by atoms with van der Waals surface area (Å²) in [4.78, 5) is 11.8. The first-order valence-electron chi connectivity index (χ1n) is 10.0. The molecule has 0 amide bonds. The molecule has 156 valence electrons. The molecule has 1 saturated heterocycles. The van der Waals surface area contributed by atoms with Crippen molar-refractivity contribution >= 4 is 41.3 Å². The number of hydrogen-bond donors (Lipinski definition) is 2. The molecule has 1 aliphatic heterocycles. The number of hydrogen-bond acceptors (Lipinski definition) is 5. The fraction of sp³-hybridized carbons (Fsp3) is 0.600. The van der Waals surface area contributed by atoms with E-state index in [0.29, 0.717) is 6.54 Å². The van der Waals surface area contributed by atoms with Gasteiger partial charge in [-0.3, -0.25) is 4.90 Å². The smallest absolute Gasteiger partial charge is 0.191 e. The van der Waals surface area contributed by atoms with Crippen LogP contribution in [-0.2, 0) is 13.0 Å². The van der Waals surface area contributed by atoms with E-state index in [0.717, 1.165) is 50.0 Å². The molecule has 3 rings (SSSR count). The minimum absolute atomic E-state index is 0. The summed E-state index contributed by atoms with van der Waals surface area (Å²) in [6.07, 6.45) is 6.59. The Morgan fingerprint density at radius 3 is 2.75 bits per heavy atom. The van der Waals surface area contributed by atoms with Gasteiger partial charge < -0.3 is 15.1 Å². The largest absolute Gasteiger partial charge is 0.468 e. The van der Waals surface area contributed by atoms with Crippen molar-refractivity contribution in [3.05, 3.63) is 40.2 Å². The van der Waals surface area contributed by atoms with Gasteiger partial charge in [0.25, 0.3) is 0 Å². The van der Waals surface area contributed by atoms with Crippen molar-refractivity contribution in [3.63, 3.8) is 0 Å². The number of rotatable bonds is 8. The van der Waals surface area contributed by atoms with Crippen LogP contribution in [-0.4, -0.2) is 42.0 Å². The third-order valence-corrected chi connectivity index (χ3v) is 5.85. The van der Waals surface area contributed by atoms with Crippen molar-refractivity contribution < 1.29 is 4.42 Å². The van der Waals surface area contributed by atoms with Crippen LogP contribution in [0.5, 0.6) is 0 Å². The zero-order valence-electron chi connectivity index (χ0n) is 16.8. The maximum absolute atomic E-state index is 5.73. The standard InChI is InChI=1S/C20H31N5OS.HI/c1-3-19-24-16(15-27-19)13-22-20(21-4-2)23-14-17(18-9-8-12-26-18)25-10-6-5-7-11-25;/h8-9,12,15,17H,3-7,10-11,13-14H2,1-2H3,(H2,21,22,23);1H. The van der Waals surface area contributed by atoms with E-state index < -0.39 is 0 Å². The van der Waals surface area contributed by atoms with Crippen LogP contribution in [0.1, 0.15) is 55.6 Å². The number of aliphatic imine (C=N–C) groups is 1. The first kappa shape index (κ1) is 23.2. The minimum atomic E-state index is 0. The molecule has 1 fully saturated rings. The molecular weight excluding hydrogens is 485 g/mol. The molecule has 0 radical (unpaired) electrons. The SMILES string of the molecule is CCNC(=NCc1csc(CC)n1)NCC(c1ccco1)N1CCCCC1.I. The van der Waals surface area contributed by atoms with E-state index in [1.807, 2.05) is 6.07 Å². The zero-order chi connectivity index (χ0) is 18.9. The van der Waals surface area contributed by atoms with Gasteiger partial charge in [0.15, 0.2) is 5.96 Å². The molecule has 3 heterocycles. The predicted molar refractivity (Wildman–Crippen MR) is 127 cm³/mol. The van der Waals surface area contributed by atoms with Gasteiger partial charge in [-0.1, -0.05) is 13.3 Å². The number of aryl methyl sites for hydroxylation is 1. The van der Waals surface area contributed by atoms with E-state index in [1.165, 1.54) is 24.3 Å². The number of halogens is 1. The molecule has 0 aliphatic carbocycles. The van der Waals surface area contributed by atoms with Crippen LogP contribution < -0.4 is 10.6 Å². The molecule has 1 atom stereocenters. The summed E-state index contributed by atoms with van der Waals surface area (Å²) in [6, 6.07) is 4.28. The van der Waals surface area contributed by atoms with Gasteiger partial charge in [-0.05, 0) is 51.4 Å². The van der Waals surface area contributed by atoms with Gasteiger partial charge in [-0.2, -0.15) is 0 Å². The van der Waals surface area contributed by atoms with Crippen LogP contribution in [0.3, 0.4) is 0 Å². The quantitative estimate of drug-likeness (QED) is 0.312. The third kappa shape index (κ3) is 6.73. The summed E-state index contributed by atoms with van der Waals surface area (Å²) < 4.78 is 5.73. The van der Waals surface area contributed by atoms with Crippen LogP contribution in [0, 0.1) is 0 Å². The predicted octanol–water partition coefficient (Wildman–Crippen LogP) is 4.20. The number of nitrogens with one attached hydrogen (secondary N) is 2. The molecular formula is C20H32IN5OS. The van der Waals surface area contributed by atoms with Crippen LogP contribution in [0.4, 0.5) is 0 Å². The molecule has 8 heteroatoms. The topological polar surface area (TPSA) is 65.7 Å². The van der Waals surface area contributed by atoms with Crippen LogP contribution in [0.2, 0.25) is 0 Å². The zero-order valence-corrected chi connectivity index (χ0v) is 20.0. The molecule has 0 saturated carbocycles. The lowest BCUT2D eigenvalue weighted by atomic mass is 10.1. The molecule has 0 aromatic carbocycles. The summed E-state index contributed by atoms with van der Waals surface area (Å²) in [6.45, 7) is 8.67. The minimum Gasteiger partial charge on any atom is -0.468 e. The highest BCUT2D eigenvalue weighted by Crippen LogP contribution is 2.24. The summed E-state index contributed by atoms with van der Waals surface area (Å²) in [7, 11) is 0. The Morgan fingerprint density at radius 2 is 2.11 bits per heavy atom. The number of likely N-dealkylation sites (tertiary alicyclic amines) is 1. The van der Waals surface area contributed by atoms with E-state index in [-0.39, 0.29) is 30.0 Å². The Bertz CT molecular complexity index is 697. The molecule has 2 aromatic heterocycles. The number of piperidine rings is 1. The van der Waals surface area contributed by atoms with Gasteiger partial charge in [0.2, 0.25) is 0 Å². The summed E-state index contributed by atoms with van der Waals surface area (Å²) in [5, 5.41) is 10.1. The second kappa shape index (κ2) is 12.4. The van der Waals surface area contributed by atoms with Gasteiger partial charge in [0.1, 0.15) is 5.76 Å². The highest BCUT2D eigenvalue weighted by Gasteiger charge is 2.24. The number of thiazole rings is 1. The van der Waals surface area contributed by atoms with Crippen molar-refractivity contribution in [1.29, 1.82) is 0 Å². The van der Waals surface area contributed by atoms with E-state index in [1.54, 1.807) is 17.6 Å². The van der Waals surface area contributed by atoms with Crippen LogP contribution in [0.25, 0.3) is 0 Å². The molecule has 2 aromatic rings. The summed E-state index contributed by atoms with van der Waals surface area (Å²) in [5.74, 6) is 1.85. The van der Waals surface area contributed by atoms with Crippen LogP contribution >= 0.6 is 35.3 Å². The summed E-state index contributed by atoms with van der Waals surface area (Å²) >= 11 is 1.71. The average Bonchev–Trinajstić information content (AvgIpc) is 3.39. The normalized spacial score (nSPS) is 16.4. The van der Waals surface area contributed by atoms with Crippen molar-refractivity contribution in [1.82, 2.24) is 20.5 Å². The fourth-order valence-corrected chi connectivity index (χ4v) is 4.14. The number of aromatic nitrogens is 1. The molecule has 2 N–H and O–H groups in total. The van der Waals surface area contributed by atoms with Crippen LogP contribution in [0.15, 0.2) is 33.2 Å². The highest BCUT2D eigenvalue weighted by atomic mass is 127. The van der Waals surface area contributed by atoms with E-state index >= 15 is 0 Å². The second-order valence-corrected chi connectivity index (χ2v) is 7.73. The highest BCUT2D eigenvalue weighted by molar-refractivity contribution is 14.0. The Morgan fingerprint density at radius 1 is 1.29 bits per heavy atom. The molecule has 1 unspecified atom stereocenters. The molecule has 28 heavy (non-hydrogen) atoms. The number of furan rings is 1. The second-order valence-electron chi connectivity index (χ2n) is 6.79.